The molecule has 0 bridgehead atoms. The maximum atomic E-state index is 8.75. The molecule has 2 nitrogen and oxygen atoms in total. The molecule has 0 fully saturated rings. The van der Waals surface area contributed by atoms with E-state index in [1.165, 1.54) is 5.56 Å². The van der Waals surface area contributed by atoms with Crippen molar-refractivity contribution in [2.45, 2.75) is 20.3 Å². The van der Waals surface area contributed by atoms with E-state index in [0.29, 0.717) is 5.92 Å². The highest BCUT2D eigenvalue weighted by Gasteiger charge is 1.95. The van der Waals surface area contributed by atoms with E-state index in [0.717, 1.165) is 18.7 Å². The molecule has 0 heterocycles. The lowest BCUT2D eigenvalue weighted by atomic mass is 10.1. The number of aliphatic hydroxyl groups excluding tert-OH is 1. The van der Waals surface area contributed by atoms with Gasteiger partial charge in [-0.05, 0) is 30.0 Å². The van der Waals surface area contributed by atoms with Crippen LogP contribution in [0.2, 0.25) is 0 Å². The van der Waals surface area contributed by atoms with Crippen molar-refractivity contribution in [1.82, 2.24) is 0 Å². The van der Waals surface area contributed by atoms with E-state index in [1.807, 2.05) is 0 Å². The Morgan fingerprint density at radius 3 is 2.36 bits per heavy atom. The van der Waals surface area contributed by atoms with Gasteiger partial charge in [0.05, 0.1) is 0 Å². The highest BCUT2D eigenvalue weighted by Crippen LogP contribution is 2.10. The zero-order chi connectivity index (χ0) is 10.4. The quantitative estimate of drug-likeness (QED) is 0.752. The standard InChI is InChI=1S/C12H19NO/c1-10(2)9-13-12-5-3-11(4-6-12)7-8-14/h3-6,10,13-14H,7-9H2,1-2H3. The predicted molar refractivity (Wildman–Crippen MR) is 60.6 cm³/mol. The van der Waals surface area contributed by atoms with Crippen molar-refractivity contribution in [3.05, 3.63) is 29.8 Å². The third-order valence-electron chi connectivity index (χ3n) is 2.07. The van der Waals surface area contributed by atoms with E-state index in [1.54, 1.807) is 0 Å². The molecule has 0 atom stereocenters. The number of nitrogens with one attached hydrogen (secondary N) is 1. The number of hydrogen-bond acceptors (Lipinski definition) is 2. The predicted octanol–water partition coefficient (Wildman–Crippen LogP) is 2.29. The highest BCUT2D eigenvalue weighted by molar-refractivity contribution is 5.44. The van der Waals surface area contributed by atoms with Crippen molar-refractivity contribution in [2.75, 3.05) is 18.5 Å². The van der Waals surface area contributed by atoms with Gasteiger partial charge in [0.15, 0.2) is 0 Å². The van der Waals surface area contributed by atoms with Crippen LogP contribution >= 0.6 is 0 Å². The smallest absolute Gasteiger partial charge is 0.0471 e. The number of hydrogen-bond donors (Lipinski definition) is 2. The molecule has 2 heteroatoms. The zero-order valence-electron chi connectivity index (χ0n) is 8.96. The molecule has 0 amide bonds. The summed E-state index contributed by atoms with van der Waals surface area (Å²) in [6.45, 7) is 5.60. The maximum Gasteiger partial charge on any atom is 0.0471 e. The lowest BCUT2D eigenvalue weighted by Gasteiger charge is -2.09. The van der Waals surface area contributed by atoms with Crippen LogP contribution in [0.1, 0.15) is 19.4 Å². The fraction of sp³-hybridized carbons (Fsp3) is 0.500. The Labute approximate surface area is 86.0 Å². The van der Waals surface area contributed by atoms with E-state index in [-0.39, 0.29) is 6.61 Å². The van der Waals surface area contributed by atoms with Crippen LogP contribution in [0, 0.1) is 5.92 Å². The molecule has 0 aliphatic rings. The molecule has 0 aliphatic carbocycles. The number of anilines is 1. The minimum Gasteiger partial charge on any atom is -0.396 e. The van der Waals surface area contributed by atoms with E-state index in [9.17, 15) is 0 Å². The van der Waals surface area contributed by atoms with Crippen molar-refractivity contribution in [1.29, 1.82) is 0 Å². The zero-order valence-corrected chi connectivity index (χ0v) is 8.96. The molecule has 0 unspecified atom stereocenters. The lowest BCUT2D eigenvalue weighted by molar-refractivity contribution is 0.299. The Bertz CT molecular complexity index is 254. The van der Waals surface area contributed by atoms with Gasteiger partial charge in [0.2, 0.25) is 0 Å². The molecule has 0 aliphatic heterocycles. The SMILES string of the molecule is CC(C)CNc1ccc(CCO)cc1. The monoisotopic (exact) mass is 193 g/mol. The van der Waals surface area contributed by atoms with Crippen LogP contribution in [0.4, 0.5) is 5.69 Å². The summed E-state index contributed by atoms with van der Waals surface area (Å²) in [5, 5.41) is 12.1. The summed E-state index contributed by atoms with van der Waals surface area (Å²) < 4.78 is 0. The molecular weight excluding hydrogens is 174 g/mol. The first-order valence-electron chi connectivity index (χ1n) is 5.16. The summed E-state index contributed by atoms with van der Waals surface area (Å²) in [5.74, 6) is 0.659. The second-order valence-corrected chi connectivity index (χ2v) is 3.95. The van der Waals surface area contributed by atoms with Gasteiger partial charge in [-0.3, -0.25) is 0 Å². The van der Waals surface area contributed by atoms with Gasteiger partial charge in [-0.25, -0.2) is 0 Å². The molecule has 0 radical (unpaired) electrons. The second kappa shape index (κ2) is 5.66. The molecule has 0 aromatic heterocycles. The summed E-state index contributed by atoms with van der Waals surface area (Å²) in [6.07, 6.45) is 0.741. The number of benzene rings is 1. The summed E-state index contributed by atoms with van der Waals surface area (Å²) in [5.41, 5.74) is 2.34. The van der Waals surface area contributed by atoms with Crippen LogP contribution in [0.3, 0.4) is 0 Å². The van der Waals surface area contributed by atoms with Gasteiger partial charge < -0.3 is 10.4 Å². The van der Waals surface area contributed by atoms with Gasteiger partial charge in [-0.2, -0.15) is 0 Å². The van der Waals surface area contributed by atoms with Crippen LogP contribution < -0.4 is 5.32 Å². The number of rotatable bonds is 5. The third-order valence-corrected chi connectivity index (χ3v) is 2.07. The Morgan fingerprint density at radius 2 is 1.86 bits per heavy atom. The highest BCUT2D eigenvalue weighted by atomic mass is 16.2. The van der Waals surface area contributed by atoms with Gasteiger partial charge in [0, 0.05) is 18.8 Å². The Kier molecular flexibility index (Phi) is 4.47. The summed E-state index contributed by atoms with van der Waals surface area (Å²) in [4.78, 5) is 0. The van der Waals surface area contributed by atoms with Gasteiger partial charge in [0.1, 0.15) is 0 Å². The van der Waals surface area contributed by atoms with Crippen molar-refractivity contribution in [3.63, 3.8) is 0 Å². The first-order chi connectivity index (χ1) is 6.72. The van der Waals surface area contributed by atoms with Crippen LogP contribution in [0.25, 0.3) is 0 Å². The first kappa shape index (κ1) is 11.1. The van der Waals surface area contributed by atoms with Gasteiger partial charge in [-0.15, -0.1) is 0 Å². The summed E-state index contributed by atoms with van der Waals surface area (Å²) >= 11 is 0. The van der Waals surface area contributed by atoms with E-state index < -0.39 is 0 Å². The van der Waals surface area contributed by atoms with E-state index >= 15 is 0 Å². The molecule has 1 aromatic carbocycles. The third kappa shape index (κ3) is 3.79. The molecule has 14 heavy (non-hydrogen) atoms. The maximum absolute atomic E-state index is 8.75. The van der Waals surface area contributed by atoms with Crippen molar-refractivity contribution in [3.8, 4) is 0 Å². The van der Waals surface area contributed by atoms with Gasteiger partial charge in [-0.1, -0.05) is 26.0 Å². The fourth-order valence-electron chi connectivity index (χ4n) is 1.24. The first-order valence-corrected chi connectivity index (χ1v) is 5.16. The molecule has 1 rings (SSSR count). The minimum atomic E-state index is 0.221. The molecule has 1 aromatic rings. The normalized spacial score (nSPS) is 10.6. The van der Waals surface area contributed by atoms with Gasteiger partial charge in [0.25, 0.3) is 0 Å². The molecule has 78 valence electrons. The van der Waals surface area contributed by atoms with Crippen LogP contribution in [-0.2, 0) is 6.42 Å². The van der Waals surface area contributed by atoms with Crippen molar-refractivity contribution < 1.29 is 5.11 Å². The topological polar surface area (TPSA) is 32.3 Å². The second-order valence-electron chi connectivity index (χ2n) is 3.95. The Balaban J connectivity index is 2.46. The fourth-order valence-corrected chi connectivity index (χ4v) is 1.24. The van der Waals surface area contributed by atoms with Crippen molar-refractivity contribution in [2.24, 2.45) is 5.92 Å². The largest absolute Gasteiger partial charge is 0.396 e. The van der Waals surface area contributed by atoms with Crippen molar-refractivity contribution >= 4 is 5.69 Å². The van der Waals surface area contributed by atoms with Crippen LogP contribution in [0.5, 0.6) is 0 Å². The molecular formula is C12H19NO. The number of aliphatic hydroxyl groups is 1. The lowest BCUT2D eigenvalue weighted by Crippen LogP contribution is -2.07. The Morgan fingerprint density at radius 1 is 1.21 bits per heavy atom. The summed E-state index contributed by atoms with van der Waals surface area (Å²) in [7, 11) is 0. The van der Waals surface area contributed by atoms with E-state index in [2.05, 4.69) is 43.4 Å². The molecule has 2 N–H and O–H groups in total. The molecule has 0 spiro atoms. The van der Waals surface area contributed by atoms with Gasteiger partial charge >= 0.3 is 0 Å². The van der Waals surface area contributed by atoms with Crippen LogP contribution in [0.15, 0.2) is 24.3 Å². The molecule has 0 saturated heterocycles. The Hall–Kier alpha value is -1.02. The average molecular weight is 193 g/mol. The molecule has 0 saturated carbocycles. The minimum absolute atomic E-state index is 0.221. The summed E-state index contributed by atoms with van der Waals surface area (Å²) in [6, 6.07) is 8.23. The van der Waals surface area contributed by atoms with Crippen LogP contribution in [-0.4, -0.2) is 18.3 Å². The van der Waals surface area contributed by atoms with E-state index in [4.69, 9.17) is 5.11 Å². The average Bonchev–Trinajstić information content (AvgIpc) is 2.17.